The molecule has 0 saturated heterocycles. The van der Waals surface area contributed by atoms with Crippen LogP contribution >= 0.6 is 0 Å². The molecule has 1 fully saturated rings. The van der Waals surface area contributed by atoms with Gasteiger partial charge in [-0.25, -0.2) is 0 Å². The Morgan fingerprint density at radius 2 is 2.00 bits per heavy atom. The van der Waals surface area contributed by atoms with E-state index in [1.54, 1.807) is 0 Å². The van der Waals surface area contributed by atoms with Crippen LogP contribution in [0.5, 0.6) is 0 Å². The Balaban J connectivity index is 1.49. The minimum absolute atomic E-state index is 0.0677. The van der Waals surface area contributed by atoms with Crippen molar-refractivity contribution in [1.29, 1.82) is 0 Å². The van der Waals surface area contributed by atoms with Gasteiger partial charge in [0.15, 0.2) is 5.78 Å². The van der Waals surface area contributed by atoms with Crippen LogP contribution < -0.4 is 0 Å². The van der Waals surface area contributed by atoms with Crippen molar-refractivity contribution in [2.75, 3.05) is 0 Å². The summed E-state index contributed by atoms with van der Waals surface area (Å²) < 4.78 is 0. The third-order valence-corrected chi connectivity index (χ3v) is 4.54. The smallest absolute Gasteiger partial charge is 0.155 e. The molecule has 1 saturated carbocycles. The molecule has 0 aromatic heterocycles. The number of carbonyl (C=O) groups excluding carboxylic acids is 1. The topological polar surface area (TPSA) is 37.3 Å². The van der Waals surface area contributed by atoms with E-state index in [0.717, 1.165) is 30.6 Å². The van der Waals surface area contributed by atoms with Gasteiger partial charge < -0.3 is 5.11 Å². The van der Waals surface area contributed by atoms with E-state index in [2.05, 4.69) is 12.2 Å². The first-order chi connectivity index (χ1) is 9.15. The van der Waals surface area contributed by atoms with Crippen molar-refractivity contribution < 1.29 is 9.90 Å². The number of aliphatic hydroxyl groups is 1. The van der Waals surface area contributed by atoms with Crippen molar-refractivity contribution in [1.82, 2.24) is 0 Å². The number of ketones is 1. The Bertz CT molecular complexity index is 367. The third kappa shape index (κ3) is 4.52. The van der Waals surface area contributed by atoms with Gasteiger partial charge in [0.05, 0.1) is 5.76 Å². The molecule has 0 aromatic carbocycles. The van der Waals surface area contributed by atoms with E-state index in [0.29, 0.717) is 6.42 Å². The lowest BCUT2D eigenvalue weighted by Crippen LogP contribution is -2.06. The monoisotopic (exact) mass is 262 g/mol. The van der Waals surface area contributed by atoms with E-state index >= 15 is 0 Å². The summed E-state index contributed by atoms with van der Waals surface area (Å²) in [5.74, 6) is 2.89. The van der Waals surface area contributed by atoms with Gasteiger partial charge in [-0.15, -0.1) is 0 Å². The molecule has 0 aromatic rings. The fourth-order valence-electron chi connectivity index (χ4n) is 3.60. The molecule has 2 rings (SSSR count). The largest absolute Gasteiger partial charge is 0.512 e. The summed E-state index contributed by atoms with van der Waals surface area (Å²) in [4.78, 5) is 10.8. The summed E-state index contributed by atoms with van der Waals surface area (Å²) in [6.45, 7) is 1.47. The fraction of sp³-hybridized carbons (Fsp3) is 0.706. The second kappa shape index (κ2) is 6.93. The average molecular weight is 262 g/mol. The van der Waals surface area contributed by atoms with E-state index < -0.39 is 0 Å². The maximum atomic E-state index is 10.8. The van der Waals surface area contributed by atoms with Crippen LogP contribution in [0.1, 0.15) is 58.3 Å². The second-order valence-corrected chi connectivity index (χ2v) is 6.24. The molecule has 1 N–H and O–H groups in total. The van der Waals surface area contributed by atoms with Crippen LogP contribution in [0, 0.1) is 17.8 Å². The van der Waals surface area contributed by atoms with Crippen LogP contribution in [0.2, 0.25) is 0 Å². The van der Waals surface area contributed by atoms with Gasteiger partial charge in [-0.3, -0.25) is 4.79 Å². The molecule has 106 valence electrons. The van der Waals surface area contributed by atoms with E-state index in [1.807, 2.05) is 0 Å². The molecule has 2 nitrogen and oxygen atoms in total. The molecule has 3 unspecified atom stereocenters. The molecule has 19 heavy (non-hydrogen) atoms. The van der Waals surface area contributed by atoms with Gasteiger partial charge in [0.1, 0.15) is 0 Å². The highest BCUT2D eigenvalue weighted by Crippen LogP contribution is 2.45. The number of allylic oxidation sites excluding steroid dienone is 4. The molecule has 0 spiro atoms. The van der Waals surface area contributed by atoms with Crippen LogP contribution in [0.3, 0.4) is 0 Å². The Hall–Kier alpha value is -1.05. The number of aliphatic hydroxyl groups excluding tert-OH is 1. The van der Waals surface area contributed by atoms with Crippen LogP contribution in [0.15, 0.2) is 24.0 Å². The molecule has 0 aliphatic heterocycles. The Kier molecular flexibility index (Phi) is 5.24. The molecule has 2 bridgehead atoms. The quantitative estimate of drug-likeness (QED) is 0.301. The predicted molar refractivity (Wildman–Crippen MR) is 77.9 cm³/mol. The highest BCUT2D eigenvalue weighted by molar-refractivity contribution is 5.87. The van der Waals surface area contributed by atoms with Crippen LogP contribution in [-0.2, 0) is 4.79 Å². The van der Waals surface area contributed by atoms with Crippen LogP contribution in [-0.4, -0.2) is 10.9 Å². The molecule has 2 heteroatoms. The van der Waals surface area contributed by atoms with Crippen molar-refractivity contribution >= 4 is 5.78 Å². The standard InChI is InChI=1S/C17H26O2/c1-13(18)10-17(19)7-5-3-2-4-6-15-11-14-8-9-16(15)12-14/h8-10,14-16,19H,2-7,11-12H2,1H3/b17-10+. The summed E-state index contributed by atoms with van der Waals surface area (Å²) in [7, 11) is 0. The highest BCUT2D eigenvalue weighted by Gasteiger charge is 2.34. The van der Waals surface area contributed by atoms with Crippen molar-refractivity contribution in [3.05, 3.63) is 24.0 Å². The SMILES string of the molecule is CC(=O)/C=C(/O)CCCCCCC1CC2C=CC1C2. The number of hydrogen-bond acceptors (Lipinski definition) is 2. The van der Waals surface area contributed by atoms with Crippen molar-refractivity contribution in [2.45, 2.75) is 58.3 Å². The van der Waals surface area contributed by atoms with Gasteiger partial charge in [0.2, 0.25) is 0 Å². The Morgan fingerprint density at radius 3 is 2.63 bits per heavy atom. The first-order valence-corrected chi connectivity index (χ1v) is 7.73. The molecule has 2 aliphatic carbocycles. The molecule has 0 radical (unpaired) electrons. The average Bonchev–Trinajstić information content (AvgIpc) is 2.94. The van der Waals surface area contributed by atoms with Gasteiger partial charge in [0.25, 0.3) is 0 Å². The Morgan fingerprint density at radius 1 is 1.21 bits per heavy atom. The van der Waals surface area contributed by atoms with Gasteiger partial charge in [-0.05, 0) is 50.4 Å². The zero-order chi connectivity index (χ0) is 13.7. The number of fused-ring (bicyclic) bond motifs is 2. The summed E-state index contributed by atoms with van der Waals surface area (Å²) in [5, 5.41) is 9.45. The molecule has 0 amide bonds. The van der Waals surface area contributed by atoms with Crippen molar-refractivity contribution in [2.24, 2.45) is 17.8 Å². The normalized spacial score (nSPS) is 29.1. The summed E-state index contributed by atoms with van der Waals surface area (Å²) >= 11 is 0. The highest BCUT2D eigenvalue weighted by atomic mass is 16.3. The summed E-state index contributed by atoms with van der Waals surface area (Å²) in [5.41, 5.74) is 0. The van der Waals surface area contributed by atoms with Gasteiger partial charge >= 0.3 is 0 Å². The maximum absolute atomic E-state index is 10.8. The lowest BCUT2D eigenvalue weighted by molar-refractivity contribution is -0.112. The number of hydrogen-bond donors (Lipinski definition) is 1. The number of rotatable bonds is 8. The third-order valence-electron chi connectivity index (χ3n) is 4.54. The zero-order valence-corrected chi connectivity index (χ0v) is 12.0. The molecular formula is C17H26O2. The molecule has 3 atom stereocenters. The molecule has 0 heterocycles. The first kappa shape index (κ1) is 14.4. The van der Waals surface area contributed by atoms with E-state index in [-0.39, 0.29) is 11.5 Å². The van der Waals surface area contributed by atoms with Crippen molar-refractivity contribution in [3.8, 4) is 0 Å². The fourth-order valence-corrected chi connectivity index (χ4v) is 3.60. The Labute approximate surface area is 116 Å². The summed E-state index contributed by atoms with van der Waals surface area (Å²) in [6.07, 6.45) is 15.8. The number of unbranched alkanes of at least 4 members (excludes halogenated alkanes) is 3. The minimum atomic E-state index is -0.0677. The number of carbonyl (C=O) groups is 1. The minimum Gasteiger partial charge on any atom is -0.512 e. The van der Waals surface area contributed by atoms with E-state index in [9.17, 15) is 9.90 Å². The van der Waals surface area contributed by atoms with Crippen LogP contribution in [0.4, 0.5) is 0 Å². The lowest BCUT2D eigenvalue weighted by Gasteiger charge is -2.17. The van der Waals surface area contributed by atoms with Crippen molar-refractivity contribution in [3.63, 3.8) is 0 Å². The predicted octanol–water partition coefficient (Wildman–Crippen LogP) is 4.57. The lowest BCUT2D eigenvalue weighted by atomic mass is 9.88. The molecular weight excluding hydrogens is 236 g/mol. The van der Waals surface area contributed by atoms with E-state index in [4.69, 9.17) is 0 Å². The van der Waals surface area contributed by atoms with Gasteiger partial charge in [0, 0.05) is 12.5 Å². The zero-order valence-electron chi connectivity index (χ0n) is 12.0. The van der Waals surface area contributed by atoms with Crippen LogP contribution in [0.25, 0.3) is 0 Å². The second-order valence-electron chi connectivity index (χ2n) is 6.24. The van der Waals surface area contributed by atoms with E-state index in [1.165, 1.54) is 45.1 Å². The van der Waals surface area contributed by atoms with Gasteiger partial charge in [-0.2, -0.15) is 0 Å². The van der Waals surface area contributed by atoms with Gasteiger partial charge in [-0.1, -0.05) is 31.4 Å². The molecule has 2 aliphatic rings. The summed E-state index contributed by atoms with van der Waals surface area (Å²) in [6, 6.07) is 0. The first-order valence-electron chi connectivity index (χ1n) is 7.73. The maximum Gasteiger partial charge on any atom is 0.155 e.